The molecule has 1 fully saturated rings. The number of aryl methyl sites for hydroxylation is 1. The average molecular weight is 424 g/mol. The van der Waals surface area contributed by atoms with Gasteiger partial charge in [-0.15, -0.1) is 0 Å². The van der Waals surface area contributed by atoms with Gasteiger partial charge < -0.3 is 9.80 Å². The Kier molecular flexibility index (Phi) is 7.02. The number of rotatable bonds is 6. The van der Waals surface area contributed by atoms with Gasteiger partial charge in [-0.05, 0) is 38.0 Å². The van der Waals surface area contributed by atoms with E-state index in [9.17, 15) is 4.79 Å². The molecule has 0 aliphatic carbocycles. The number of hydrogen-bond donors (Lipinski definition) is 1. The number of nitrogens with one attached hydrogen (secondary N) is 1. The van der Waals surface area contributed by atoms with Crippen LogP contribution in [-0.2, 0) is 12.8 Å². The van der Waals surface area contributed by atoms with E-state index in [-0.39, 0.29) is 5.91 Å². The first-order valence-electron chi connectivity index (χ1n) is 10.2. The van der Waals surface area contributed by atoms with Crippen molar-refractivity contribution in [2.45, 2.75) is 40.0 Å². The minimum Gasteiger partial charge on any atom is -0.332 e. The number of carbonyl (C=O) groups is 1. The summed E-state index contributed by atoms with van der Waals surface area (Å²) in [4.78, 5) is 17.0. The first-order chi connectivity index (χ1) is 13.5. The molecule has 1 aromatic heterocycles. The molecule has 1 aromatic carbocycles. The monoisotopic (exact) mass is 423 g/mol. The number of benzene rings is 1. The molecule has 7 heteroatoms. The van der Waals surface area contributed by atoms with Crippen molar-refractivity contribution < 1.29 is 9.69 Å². The summed E-state index contributed by atoms with van der Waals surface area (Å²) < 4.78 is 1.87. The van der Waals surface area contributed by atoms with Crippen LogP contribution in [0.3, 0.4) is 0 Å². The van der Waals surface area contributed by atoms with Crippen LogP contribution >= 0.6 is 23.2 Å². The molecular formula is C21H29Cl2N4O+. The van der Waals surface area contributed by atoms with Crippen molar-refractivity contribution in [2.24, 2.45) is 0 Å². The van der Waals surface area contributed by atoms with Crippen molar-refractivity contribution in [3.8, 4) is 5.69 Å². The number of halogens is 2. The van der Waals surface area contributed by atoms with Crippen LogP contribution in [0.4, 0.5) is 0 Å². The minimum atomic E-state index is 0.113. The molecule has 0 radical (unpaired) electrons. The number of hydrogen-bond acceptors (Lipinski definition) is 2. The zero-order chi connectivity index (χ0) is 20.3. The number of piperazine rings is 1. The van der Waals surface area contributed by atoms with Gasteiger partial charge in [0.2, 0.25) is 0 Å². The van der Waals surface area contributed by atoms with Crippen molar-refractivity contribution in [3.05, 3.63) is 45.2 Å². The van der Waals surface area contributed by atoms with Gasteiger partial charge in [0.1, 0.15) is 0 Å². The maximum absolute atomic E-state index is 13.5. The largest absolute Gasteiger partial charge is 0.332 e. The van der Waals surface area contributed by atoms with E-state index in [0.29, 0.717) is 10.0 Å². The molecule has 5 nitrogen and oxygen atoms in total. The lowest BCUT2D eigenvalue weighted by molar-refractivity contribution is -0.902. The number of quaternary nitrogens is 1. The van der Waals surface area contributed by atoms with Crippen molar-refractivity contribution in [2.75, 3.05) is 32.7 Å². The van der Waals surface area contributed by atoms with Gasteiger partial charge in [0.25, 0.3) is 5.91 Å². The Morgan fingerprint density at radius 2 is 1.86 bits per heavy atom. The maximum atomic E-state index is 13.5. The summed E-state index contributed by atoms with van der Waals surface area (Å²) in [5.74, 6) is 0.113. The second-order valence-electron chi connectivity index (χ2n) is 7.28. The van der Waals surface area contributed by atoms with E-state index >= 15 is 0 Å². The molecule has 0 spiro atoms. The summed E-state index contributed by atoms with van der Waals surface area (Å²) in [6.07, 6.45) is 2.44. The average Bonchev–Trinajstić information content (AvgIpc) is 3.08. The topological polar surface area (TPSA) is 42.6 Å². The summed E-state index contributed by atoms with van der Waals surface area (Å²) in [6, 6.07) is 5.48. The van der Waals surface area contributed by atoms with Crippen LogP contribution in [0.1, 0.15) is 48.9 Å². The van der Waals surface area contributed by atoms with Crippen molar-refractivity contribution in [3.63, 3.8) is 0 Å². The van der Waals surface area contributed by atoms with Crippen LogP contribution in [0.5, 0.6) is 0 Å². The van der Waals surface area contributed by atoms with E-state index in [1.807, 2.05) is 21.7 Å². The van der Waals surface area contributed by atoms with E-state index in [0.717, 1.165) is 74.6 Å². The Hall–Kier alpha value is -1.56. The van der Waals surface area contributed by atoms with Crippen LogP contribution in [0.2, 0.25) is 10.0 Å². The Morgan fingerprint density at radius 1 is 1.14 bits per heavy atom. The Morgan fingerprint density at radius 3 is 2.43 bits per heavy atom. The zero-order valence-corrected chi connectivity index (χ0v) is 18.4. The van der Waals surface area contributed by atoms with Gasteiger partial charge >= 0.3 is 0 Å². The highest BCUT2D eigenvalue weighted by molar-refractivity contribution is 6.42. The lowest BCUT2D eigenvalue weighted by Gasteiger charge is -2.31. The van der Waals surface area contributed by atoms with Crippen LogP contribution < -0.4 is 4.90 Å². The van der Waals surface area contributed by atoms with E-state index in [1.54, 1.807) is 11.0 Å². The number of nitrogens with zero attached hydrogens (tertiary/aromatic N) is 3. The Bertz CT molecular complexity index is 841. The van der Waals surface area contributed by atoms with Gasteiger partial charge in [0.05, 0.1) is 65.4 Å². The van der Waals surface area contributed by atoms with Gasteiger partial charge in [-0.25, -0.2) is 4.68 Å². The van der Waals surface area contributed by atoms with Crippen LogP contribution in [0.25, 0.3) is 5.69 Å². The summed E-state index contributed by atoms with van der Waals surface area (Å²) in [5.41, 5.74) is 3.43. The number of amides is 1. The predicted molar refractivity (Wildman–Crippen MR) is 114 cm³/mol. The Labute approximate surface area is 177 Å². The highest BCUT2D eigenvalue weighted by Crippen LogP contribution is 2.28. The number of likely N-dealkylation sites (N-methyl/N-ethyl adjacent to an activating group) is 1. The van der Waals surface area contributed by atoms with Crippen LogP contribution in [0, 0.1) is 0 Å². The number of carbonyl (C=O) groups excluding carboxylic acids is 1. The lowest BCUT2D eigenvalue weighted by Crippen LogP contribution is -3.14. The fourth-order valence-electron chi connectivity index (χ4n) is 3.86. The molecular weight excluding hydrogens is 395 g/mol. The van der Waals surface area contributed by atoms with Crippen LogP contribution in [0.15, 0.2) is 18.2 Å². The van der Waals surface area contributed by atoms with Gasteiger partial charge in [0.15, 0.2) is 0 Å². The molecule has 1 amide bonds. The molecule has 1 aliphatic heterocycles. The SMILES string of the molecule is CCCc1nn(-c2ccc(Cl)c(Cl)c2)c(CC)c1C(=O)N1CC[NH+](CC)CC1. The summed E-state index contributed by atoms with van der Waals surface area (Å²) in [6.45, 7) is 11.1. The summed E-state index contributed by atoms with van der Waals surface area (Å²) >= 11 is 12.3. The fraction of sp³-hybridized carbons (Fsp3) is 0.524. The first-order valence-corrected chi connectivity index (χ1v) is 10.9. The fourth-order valence-corrected chi connectivity index (χ4v) is 4.15. The lowest BCUT2D eigenvalue weighted by atomic mass is 10.1. The first kappa shape index (κ1) is 21.2. The highest BCUT2D eigenvalue weighted by atomic mass is 35.5. The van der Waals surface area contributed by atoms with Crippen molar-refractivity contribution >= 4 is 29.1 Å². The molecule has 28 heavy (non-hydrogen) atoms. The van der Waals surface area contributed by atoms with Gasteiger partial charge in [-0.1, -0.05) is 43.5 Å². The molecule has 3 rings (SSSR count). The van der Waals surface area contributed by atoms with Gasteiger partial charge in [0, 0.05) is 0 Å². The van der Waals surface area contributed by atoms with Crippen molar-refractivity contribution in [1.29, 1.82) is 0 Å². The van der Waals surface area contributed by atoms with Gasteiger partial charge in [-0.2, -0.15) is 5.10 Å². The third-order valence-corrected chi connectivity index (χ3v) is 6.23. The molecule has 1 aliphatic rings. The predicted octanol–water partition coefficient (Wildman–Crippen LogP) is 3.05. The smallest absolute Gasteiger partial charge is 0.258 e. The van der Waals surface area contributed by atoms with E-state index in [4.69, 9.17) is 28.3 Å². The van der Waals surface area contributed by atoms with E-state index in [2.05, 4.69) is 20.8 Å². The standard InChI is InChI=1S/C21H28Cl2N4O/c1-4-7-18-20(21(28)26-12-10-25(6-3)11-13-26)19(5-2)27(24-18)15-8-9-16(22)17(23)14-15/h8-9,14H,4-7,10-13H2,1-3H3/p+1. The van der Waals surface area contributed by atoms with E-state index < -0.39 is 0 Å². The van der Waals surface area contributed by atoms with Gasteiger partial charge in [-0.3, -0.25) is 4.79 Å². The van der Waals surface area contributed by atoms with E-state index in [1.165, 1.54) is 0 Å². The molecule has 1 N–H and O–H groups in total. The minimum absolute atomic E-state index is 0.113. The quantitative estimate of drug-likeness (QED) is 0.775. The molecule has 0 unspecified atom stereocenters. The third kappa shape index (κ3) is 4.22. The zero-order valence-electron chi connectivity index (χ0n) is 16.9. The molecule has 152 valence electrons. The second-order valence-corrected chi connectivity index (χ2v) is 8.09. The van der Waals surface area contributed by atoms with Crippen molar-refractivity contribution in [1.82, 2.24) is 14.7 Å². The second kappa shape index (κ2) is 9.29. The molecule has 1 saturated heterocycles. The summed E-state index contributed by atoms with van der Waals surface area (Å²) in [5, 5.41) is 5.82. The van der Waals surface area contributed by atoms with Crippen LogP contribution in [-0.4, -0.2) is 53.3 Å². The highest BCUT2D eigenvalue weighted by Gasteiger charge is 2.30. The molecule has 0 bridgehead atoms. The molecule has 0 saturated carbocycles. The normalized spacial score (nSPS) is 15.2. The maximum Gasteiger partial charge on any atom is 0.258 e. The third-order valence-electron chi connectivity index (χ3n) is 5.49. The molecule has 2 aromatic rings. The molecule has 2 heterocycles. The summed E-state index contributed by atoms with van der Waals surface area (Å²) in [7, 11) is 0. The Balaban J connectivity index is 2.00. The molecule has 0 atom stereocenters. The number of aromatic nitrogens is 2.